The lowest BCUT2D eigenvalue weighted by Crippen LogP contribution is -1.86. The zero-order valence-electron chi connectivity index (χ0n) is 43.9. The molecule has 3 heteroatoms. The van der Waals surface area contributed by atoms with E-state index in [1.165, 1.54) is 16.7 Å². The van der Waals surface area contributed by atoms with Gasteiger partial charge in [-0.15, -0.1) is 0 Å². The number of benzene rings is 8. The normalized spacial score (nSPS) is 8.28. The Balaban J connectivity index is -0.000000775. The minimum Gasteiger partial charge on any atom is -0.457 e. The first-order valence-electron chi connectivity index (χ1n) is 24.6. The van der Waals surface area contributed by atoms with Crippen molar-refractivity contribution in [3.05, 3.63) is 253 Å². The van der Waals surface area contributed by atoms with Crippen molar-refractivity contribution < 1.29 is 14.2 Å². The maximum atomic E-state index is 5.78. The zero-order chi connectivity index (χ0) is 50.6. The Bertz CT molecular complexity index is 1880. The van der Waals surface area contributed by atoms with Crippen LogP contribution >= 0.6 is 0 Å². The molecule has 0 fully saturated rings. The van der Waals surface area contributed by atoms with Gasteiger partial charge < -0.3 is 14.2 Å². The van der Waals surface area contributed by atoms with Gasteiger partial charge in [0.15, 0.2) is 0 Å². The molecule has 0 amide bonds. The van der Waals surface area contributed by atoms with Crippen LogP contribution in [0.4, 0.5) is 0 Å². The van der Waals surface area contributed by atoms with Gasteiger partial charge in [-0.3, -0.25) is 0 Å². The molecule has 360 valence electrons. The van der Waals surface area contributed by atoms with Crippen molar-refractivity contribution in [1.82, 2.24) is 0 Å². The Morgan fingerprint density at radius 1 is 0.224 bits per heavy atom. The fourth-order valence-electron chi connectivity index (χ4n) is 4.93. The molecule has 0 spiro atoms. The van der Waals surface area contributed by atoms with Gasteiger partial charge in [-0.2, -0.15) is 0 Å². The second-order valence-electron chi connectivity index (χ2n) is 11.8. The van der Waals surface area contributed by atoms with Gasteiger partial charge in [0.2, 0.25) is 0 Å². The molecule has 0 saturated heterocycles. The summed E-state index contributed by atoms with van der Waals surface area (Å²) in [5, 5.41) is 0. The van der Waals surface area contributed by atoms with Crippen LogP contribution in [-0.2, 0) is 6.42 Å². The van der Waals surface area contributed by atoms with E-state index in [9.17, 15) is 0 Å². The highest BCUT2D eigenvalue weighted by Crippen LogP contribution is 2.28. The molecule has 0 heterocycles. The Labute approximate surface area is 410 Å². The number of hydrogen-bond acceptors (Lipinski definition) is 3. The van der Waals surface area contributed by atoms with Crippen molar-refractivity contribution in [2.45, 2.75) is 110 Å². The first kappa shape index (κ1) is 64.4. The van der Waals surface area contributed by atoms with Gasteiger partial charge in [-0.1, -0.05) is 272 Å². The van der Waals surface area contributed by atoms with E-state index < -0.39 is 0 Å². The highest BCUT2D eigenvalue weighted by Gasteiger charge is 2.01. The van der Waals surface area contributed by atoms with E-state index in [2.05, 4.69) is 79.7 Å². The summed E-state index contributed by atoms with van der Waals surface area (Å²) in [7, 11) is 0. The number of hydrogen-bond donors (Lipinski definition) is 0. The highest BCUT2D eigenvalue weighted by atomic mass is 16.5. The summed E-state index contributed by atoms with van der Waals surface area (Å²) in [6.07, 6.45) is 1.03. The quantitative estimate of drug-likeness (QED) is 0.152. The standard InChI is InChI=1S/C18H14O2.C13H12.C12H10O.C7H8.7C2H6/c1-3-8-15(9-4-1)19-17-12-7-13-18(14-17)20-16-10-5-2-6-11-16;1-3-7-12(8-4-1)11-13-9-5-2-6-10-13;1-3-7-11(8-4-1)13-12-9-5-2-6-10-12;1-7-5-3-2-4-6-7;7*1-2/h1-14H;1-10H,11H2;1-10H;2-6H,1H3;7*1-2H3. The largest absolute Gasteiger partial charge is 0.457 e. The predicted molar refractivity (Wildman–Crippen MR) is 299 cm³/mol. The molecule has 0 radical (unpaired) electrons. The molecule has 8 rings (SSSR count). The van der Waals surface area contributed by atoms with Crippen molar-refractivity contribution in [1.29, 1.82) is 0 Å². The topological polar surface area (TPSA) is 27.7 Å². The monoisotopic (exact) mass is 903 g/mol. The summed E-state index contributed by atoms with van der Waals surface area (Å²) in [4.78, 5) is 0. The molecule has 0 aliphatic heterocycles. The number of para-hydroxylation sites is 4. The summed E-state index contributed by atoms with van der Waals surface area (Å²) in [6.45, 7) is 30.1. The lowest BCUT2D eigenvalue weighted by atomic mass is 10.1. The Hall–Kier alpha value is -6.84. The van der Waals surface area contributed by atoms with Gasteiger partial charge in [0.25, 0.3) is 0 Å². The summed E-state index contributed by atoms with van der Waals surface area (Å²) in [5.41, 5.74) is 4.06. The lowest BCUT2D eigenvalue weighted by molar-refractivity contribution is 0.460. The van der Waals surface area contributed by atoms with E-state index in [4.69, 9.17) is 14.2 Å². The molecule has 0 bridgehead atoms. The first-order chi connectivity index (χ1) is 33.2. The van der Waals surface area contributed by atoms with Crippen LogP contribution in [0, 0.1) is 6.92 Å². The third-order valence-electron chi connectivity index (χ3n) is 7.52. The van der Waals surface area contributed by atoms with E-state index in [1.54, 1.807) is 0 Å². The Morgan fingerprint density at radius 3 is 0.642 bits per heavy atom. The average molecular weight is 903 g/mol. The van der Waals surface area contributed by atoms with Gasteiger partial charge in [-0.05, 0) is 85.1 Å². The molecule has 0 unspecified atom stereocenters. The maximum Gasteiger partial charge on any atom is 0.131 e. The van der Waals surface area contributed by atoms with E-state index in [0.29, 0.717) is 0 Å². The summed E-state index contributed by atoms with van der Waals surface area (Å²) in [6, 6.07) is 77.8. The molecule has 0 N–H and O–H groups in total. The molecule has 0 aliphatic carbocycles. The van der Waals surface area contributed by atoms with Gasteiger partial charge in [0.1, 0.15) is 34.5 Å². The van der Waals surface area contributed by atoms with Crippen molar-refractivity contribution in [2.75, 3.05) is 0 Å². The van der Waals surface area contributed by atoms with Crippen LogP contribution < -0.4 is 14.2 Å². The first-order valence-corrected chi connectivity index (χ1v) is 24.6. The van der Waals surface area contributed by atoms with Gasteiger partial charge in [-0.25, -0.2) is 0 Å². The Kier molecular flexibility index (Phi) is 48.3. The minimum absolute atomic E-state index is 0.754. The number of rotatable bonds is 8. The van der Waals surface area contributed by atoms with Crippen molar-refractivity contribution >= 4 is 0 Å². The van der Waals surface area contributed by atoms with E-state index in [-0.39, 0.29) is 0 Å². The molecule has 8 aromatic rings. The molecule has 0 aliphatic rings. The SMILES string of the molecule is CC.CC.CC.CC.CC.CC.CC.Cc1ccccc1.c1ccc(Cc2ccccc2)cc1.c1ccc(Oc2cccc(Oc3ccccc3)c2)cc1.c1ccc(Oc2ccccc2)cc1. The molecular weight excluding hydrogens is 817 g/mol. The van der Waals surface area contributed by atoms with Crippen molar-refractivity contribution in [2.24, 2.45) is 0 Å². The van der Waals surface area contributed by atoms with Crippen LogP contribution in [0.2, 0.25) is 0 Å². The smallest absolute Gasteiger partial charge is 0.131 e. The van der Waals surface area contributed by atoms with Gasteiger partial charge in [0.05, 0.1) is 0 Å². The second-order valence-corrected chi connectivity index (χ2v) is 11.8. The van der Waals surface area contributed by atoms with Crippen molar-refractivity contribution in [3.8, 4) is 34.5 Å². The number of aryl methyl sites for hydroxylation is 1. The van der Waals surface area contributed by atoms with E-state index in [0.717, 1.165) is 40.9 Å². The molecular formula is C64H86O3. The van der Waals surface area contributed by atoms with E-state index in [1.807, 2.05) is 261 Å². The lowest BCUT2D eigenvalue weighted by Gasteiger charge is -2.08. The van der Waals surface area contributed by atoms with Crippen LogP contribution in [0.5, 0.6) is 34.5 Å². The fourth-order valence-corrected chi connectivity index (χ4v) is 4.93. The number of ether oxygens (including phenoxy) is 3. The Morgan fingerprint density at radius 2 is 0.418 bits per heavy atom. The van der Waals surface area contributed by atoms with Gasteiger partial charge in [0, 0.05) is 6.07 Å². The zero-order valence-corrected chi connectivity index (χ0v) is 43.9. The molecule has 67 heavy (non-hydrogen) atoms. The predicted octanol–water partition coefficient (Wildman–Crippen LogP) is 21.2. The minimum atomic E-state index is 0.754. The molecule has 3 nitrogen and oxygen atoms in total. The summed E-state index contributed by atoms with van der Waals surface area (Å²) < 4.78 is 17.1. The highest BCUT2D eigenvalue weighted by molar-refractivity contribution is 5.39. The molecule has 0 saturated carbocycles. The van der Waals surface area contributed by atoms with Gasteiger partial charge >= 0.3 is 0 Å². The molecule has 8 aromatic carbocycles. The maximum absolute atomic E-state index is 5.78. The van der Waals surface area contributed by atoms with E-state index >= 15 is 0 Å². The summed E-state index contributed by atoms with van der Waals surface area (Å²) >= 11 is 0. The summed E-state index contributed by atoms with van der Waals surface area (Å²) in [5.74, 6) is 4.87. The molecule has 0 aromatic heterocycles. The van der Waals surface area contributed by atoms with Crippen LogP contribution in [0.15, 0.2) is 237 Å². The van der Waals surface area contributed by atoms with Crippen LogP contribution in [0.1, 0.15) is 114 Å². The fraction of sp³-hybridized carbons (Fsp3) is 0.250. The average Bonchev–Trinajstić information content (AvgIpc) is 3.43. The van der Waals surface area contributed by atoms with Crippen LogP contribution in [0.25, 0.3) is 0 Å². The van der Waals surface area contributed by atoms with Crippen molar-refractivity contribution in [3.63, 3.8) is 0 Å². The third kappa shape index (κ3) is 34.2. The molecule has 0 atom stereocenters. The third-order valence-corrected chi connectivity index (χ3v) is 7.52. The van der Waals surface area contributed by atoms with Crippen LogP contribution in [-0.4, -0.2) is 0 Å². The van der Waals surface area contributed by atoms with Crippen LogP contribution in [0.3, 0.4) is 0 Å². The second kappa shape index (κ2) is 50.2.